The molecule has 0 atom stereocenters. The predicted octanol–water partition coefficient (Wildman–Crippen LogP) is 6.02. The van der Waals surface area contributed by atoms with E-state index in [-0.39, 0.29) is 17.4 Å². The van der Waals surface area contributed by atoms with Crippen molar-refractivity contribution in [3.05, 3.63) is 82.1 Å². The van der Waals surface area contributed by atoms with Gasteiger partial charge in [-0.15, -0.1) is 0 Å². The molecule has 162 valence electrons. The van der Waals surface area contributed by atoms with E-state index in [2.05, 4.69) is 5.32 Å². The molecule has 32 heavy (non-hydrogen) atoms. The van der Waals surface area contributed by atoms with Crippen LogP contribution in [0.4, 0.5) is 5.69 Å². The monoisotopic (exact) mass is 448 g/mol. The molecule has 0 unspecified atom stereocenters. The van der Waals surface area contributed by atoms with Crippen molar-refractivity contribution in [1.82, 2.24) is 0 Å². The lowest BCUT2D eigenvalue weighted by atomic mass is 10.1. The fourth-order valence-corrected chi connectivity index (χ4v) is 3.05. The summed E-state index contributed by atoms with van der Waals surface area (Å²) in [5.41, 5.74) is 2.25. The average molecular weight is 449 g/mol. The lowest BCUT2D eigenvalue weighted by molar-refractivity contribution is -0.112. The number of furan rings is 1. The second-order valence-electron chi connectivity index (χ2n) is 7.34. The first-order chi connectivity index (χ1) is 15.3. The lowest BCUT2D eigenvalue weighted by Crippen LogP contribution is -2.13. The second kappa shape index (κ2) is 9.99. The van der Waals surface area contributed by atoms with E-state index in [9.17, 15) is 14.9 Å². The van der Waals surface area contributed by atoms with Gasteiger partial charge in [0.2, 0.25) is 0 Å². The SMILES string of the molecule is Cc1ccc(NC(=O)/C(C#N)=C/c2ccc(-c3cc(Cl)ccc3C(=O)OC(C)C)o2)cc1. The van der Waals surface area contributed by atoms with E-state index in [1.54, 1.807) is 56.3 Å². The summed E-state index contributed by atoms with van der Waals surface area (Å²) in [4.78, 5) is 24.9. The summed E-state index contributed by atoms with van der Waals surface area (Å²) in [6.45, 7) is 5.46. The van der Waals surface area contributed by atoms with Crippen molar-refractivity contribution in [2.45, 2.75) is 26.9 Å². The number of amides is 1. The molecule has 1 heterocycles. The van der Waals surface area contributed by atoms with E-state index in [4.69, 9.17) is 20.8 Å². The van der Waals surface area contributed by atoms with E-state index in [0.717, 1.165) is 5.56 Å². The lowest BCUT2D eigenvalue weighted by Gasteiger charge is -2.11. The Balaban J connectivity index is 1.87. The van der Waals surface area contributed by atoms with Crippen LogP contribution in [0.1, 0.15) is 35.5 Å². The van der Waals surface area contributed by atoms with Crippen molar-refractivity contribution in [1.29, 1.82) is 5.26 Å². The first-order valence-corrected chi connectivity index (χ1v) is 10.2. The van der Waals surface area contributed by atoms with Crippen LogP contribution in [0.5, 0.6) is 0 Å². The van der Waals surface area contributed by atoms with Gasteiger partial charge in [0.1, 0.15) is 23.2 Å². The number of ether oxygens (including phenoxy) is 1. The summed E-state index contributed by atoms with van der Waals surface area (Å²) in [6, 6.07) is 17.1. The summed E-state index contributed by atoms with van der Waals surface area (Å²) >= 11 is 6.12. The van der Waals surface area contributed by atoms with E-state index in [1.807, 2.05) is 25.1 Å². The first-order valence-electron chi connectivity index (χ1n) is 9.87. The molecule has 0 saturated heterocycles. The summed E-state index contributed by atoms with van der Waals surface area (Å²) in [7, 11) is 0. The molecular formula is C25H21ClN2O4. The molecule has 7 heteroatoms. The van der Waals surface area contributed by atoms with Crippen molar-refractivity contribution < 1.29 is 18.7 Å². The number of nitriles is 1. The number of esters is 1. The maximum atomic E-state index is 12.5. The molecule has 2 aromatic carbocycles. The molecule has 0 aliphatic rings. The van der Waals surface area contributed by atoms with Gasteiger partial charge in [-0.25, -0.2) is 4.79 Å². The molecule has 0 radical (unpaired) electrons. The Morgan fingerprint density at radius 3 is 2.50 bits per heavy atom. The van der Waals surface area contributed by atoms with Crippen LogP contribution in [-0.2, 0) is 9.53 Å². The number of benzene rings is 2. The normalized spacial score (nSPS) is 11.2. The Labute approximate surface area is 191 Å². The Hall–Kier alpha value is -3.82. The highest BCUT2D eigenvalue weighted by Gasteiger charge is 2.19. The van der Waals surface area contributed by atoms with Crippen LogP contribution in [0.15, 0.2) is 64.6 Å². The Morgan fingerprint density at radius 2 is 1.84 bits per heavy atom. The third-order valence-corrected chi connectivity index (χ3v) is 4.63. The van der Waals surface area contributed by atoms with Crippen LogP contribution in [0.2, 0.25) is 5.02 Å². The fraction of sp³-hybridized carbons (Fsp3) is 0.160. The smallest absolute Gasteiger partial charge is 0.339 e. The topological polar surface area (TPSA) is 92.3 Å². The maximum absolute atomic E-state index is 12.5. The summed E-state index contributed by atoms with van der Waals surface area (Å²) in [6.07, 6.45) is 1.05. The van der Waals surface area contributed by atoms with E-state index < -0.39 is 11.9 Å². The van der Waals surface area contributed by atoms with Gasteiger partial charge in [-0.2, -0.15) is 5.26 Å². The minimum Gasteiger partial charge on any atom is -0.459 e. The van der Waals surface area contributed by atoms with Crippen LogP contribution < -0.4 is 5.32 Å². The molecule has 0 aliphatic carbocycles. The highest BCUT2D eigenvalue weighted by Crippen LogP contribution is 2.30. The Morgan fingerprint density at radius 1 is 1.12 bits per heavy atom. The number of nitrogens with zero attached hydrogens (tertiary/aromatic N) is 1. The maximum Gasteiger partial charge on any atom is 0.339 e. The first kappa shape index (κ1) is 22.9. The van der Waals surface area contributed by atoms with Crippen LogP contribution >= 0.6 is 11.6 Å². The molecule has 0 saturated carbocycles. The van der Waals surface area contributed by atoms with Crippen molar-refractivity contribution in [3.8, 4) is 17.4 Å². The number of hydrogen-bond acceptors (Lipinski definition) is 5. The number of rotatable bonds is 6. The molecule has 0 fully saturated rings. The third kappa shape index (κ3) is 5.65. The second-order valence-corrected chi connectivity index (χ2v) is 7.77. The number of anilines is 1. The summed E-state index contributed by atoms with van der Waals surface area (Å²) in [5, 5.41) is 12.5. The summed E-state index contributed by atoms with van der Waals surface area (Å²) < 4.78 is 11.1. The predicted molar refractivity (Wildman–Crippen MR) is 123 cm³/mol. The zero-order chi connectivity index (χ0) is 23.3. The van der Waals surface area contributed by atoms with Gasteiger partial charge < -0.3 is 14.5 Å². The molecule has 1 N–H and O–H groups in total. The number of aryl methyl sites for hydroxylation is 1. The van der Waals surface area contributed by atoms with Crippen LogP contribution in [0, 0.1) is 18.3 Å². The molecule has 0 aliphatic heterocycles. The number of halogens is 1. The number of carbonyl (C=O) groups excluding carboxylic acids is 2. The number of hydrogen-bond donors (Lipinski definition) is 1. The van der Waals surface area contributed by atoms with Crippen molar-refractivity contribution in [3.63, 3.8) is 0 Å². The highest BCUT2D eigenvalue weighted by molar-refractivity contribution is 6.31. The van der Waals surface area contributed by atoms with Gasteiger partial charge in [-0.3, -0.25) is 4.79 Å². The molecule has 0 spiro atoms. The van der Waals surface area contributed by atoms with Gasteiger partial charge in [0.25, 0.3) is 5.91 Å². The zero-order valence-corrected chi connectivity index (χ0v) is 18.6. The minimum atomic E-state index is -0.557. The number of nitrogens with one attached hydrogen (secondary N) is 1. The molecule has 3 aromatic rings. The summed E-state index contributed by atoms with van der Waals surface area (Å²) in [5.74, 6) is -0.432. The average Bonchev–Trinajstić information content (AvgIpc) is 3.21. The van der Waals surface area contributed by atoms with E-state index in [1.165, 1.54) is 6.08 Å². The minimum absolute atomic E-state index is 0.128. The quantitative estimate of drug-likeness (QED) is 0.283. The molecule has 3 rings (SSSR count). The van der Waals surface area contributed by atoms with Crippen LogP contribution in [0.25, 0.3) is 17.4 Å². The van der Waals surface area contributed by atoms with E-state index >= 15 is 0 Å². The Bertz CT molecular complexity index is 1220. The van der Waals surface area contributed by atoms with Gasteiger partial charge in [0.15, 0.2) is 0 Å². The van der Waals surface area contributed by atoms with Gasteiger partial charge in [0, 0.05) is 22.3 Å². The van der Waals surface area contributed by atoms with Crippen molar-refractivity contribution in [2.75, 3.05) is 5.32 Å². The van der Waals surface area contributed by atoms with Gasteiger partial charge in [-0.05, 0) is 63.2 Å². The standard InChI is InChI=1S/C25H21ClN2O4/c1-15(2)31-25(30)21-10-6-18(26)13-22(21)23-11-9-20(32-23)12-17(14-27)24(29)28-19-7-4-16(3)5-8-19/h4-13,15H,1-3H3,(H,28,29)/b17-12+. The molecule has 0 bridgehead atoms. The number of carbonyl (C=O) groups is 2. The van der Waals surface area contributed by atoms with Crippen molar-refractivity contribution >= 4 is 35.2 Å². The van der Waals surface area contributed by atoms with Crippen LogP contribution in [0.3, 0.4) is 0 Å². The van der Waals surface area contributed by atoms with E-state index in [0.29, 0.717) is 27.6 Å². The largest absolute Gasteiger partial charge is 0.459 e. The molecule has 1 aromatic heterocycles. The van der Waals surface area contributed by atoms with Crippen molar-refractivity contribution in [2.24, 2.45) is 0 Å². The molecular weight excluding hydrogens is 428 g/mol. The zero-order valence-electron chi connectivity index (χ0n) is 17.8. The van der Waals surface area contributed by atoms with Gasteiger partial charge in [-0.1, -0.05) is 29.3 Å². The highest BCUT2D eigenvalue weighted by atomic mass is 35.5. The third-order valence-electron chi connectivity index (χ3n) is 4.40. The molecule has 1 amide bonds. The molecule has 6 nitrogen and oxygen atoms in total. The van der Waals surface area contributed by atoms with Crippen LogP contribution in [-0.4, -0.2) is 18.0 Å². The van der Waals surface area contributed by atoms with Gasteiger partial charge in [0.05, 0.1) is 11.7 Å². The van der Waals surface area contributed by atoms with Gasteiger partial charge >= 0.3 is 5.97 Å². The fourth-order valence-electron chi connectivity index (χ4n) is 2.88. The Kier molecular flexibility index (Phi) is 7.14.